The summed E-state index contributed by atoms with van der Waals surface area (Å²) in [5.41, 5.74) is 5.32. The van der Waals surface area contributed by atoms with Crippen LogP contribution in [-0.2, 0) is 14.1 Å². The van der Waals surface area contributed by atoms with Gasteiger partial charge in [0.1, 0.15) is 0 Å². The first kappa shape index (κ1) is 16.9. The van der Waals surface area contributed by atoms with Gasteiger partial charge in [-0.3, -0.25) is 0 Å². The van der Waals surface area contributed by atoms with Crippen molar-refractivity contribution in [2.45, 2.75) is 25.2 Å². The Kier molecular flexibility index (Phi) is 4.56. The highest BCUT2D eigenvalue weighted by Crippen LogP contribution is 2.39. The molecule has 0 aliphatic carbocycles. The third-order valence-electron chi connectivity index (χ3n) is 5.51. The number of nitrogens with zero attached hydrogens (tertiary/aromatic N) is 2. The van der Waals surface area contributed by atoms with Crippen molar-refractivity contribution in [1.82, 2.24) is 9.13 Å². The fourth-order valence-electron chi connectivity index (χ4n) is 4.24. The summed E-state index contributed by atoms with van der Waals surface area (Å²) in [7, 11) is 4.25. The zero-order chi connectivity index (χ0) is 18.1. The molecule has 3 nitrogen and oxygen atoms in total. The number of aliphatic hydroxyl groups is 1. The van der Waals surface area contributed by atoms with Gasteiger partial charge in [0.2, 0.25) is 0 Å². The van der Waals surface area contributed by atoms with Gasteiger partial charge in [0.25, 0.3) is 0 Å². The van der Waals surface area contributed by atoms with Crippen LogP contribution >= 0.6 is 0 Å². The molecule has 0 atom stereocenters. The van der Waals surface area contributed by atoms with Crippen LogP contribution in [0, 0.1) is 0 Å². The molecule has 0 spiro atoms. The molecule has 0 aliphatic rings. The van der Waals surface area contributed by atoms with Crippen molar-refractivity contribution in [3.8, 4) is 0 Å². The van der Waals surface area contributed by atoms with Crippen LogP contribution in [0.5, 0.6) is 0 Å². The maximum atomic E-state index is 9.26. The van der Waals surface area contributed by atoms with Crippen molar-refractivity contribution in [3.05, 3.63) is 72.1 Å². The Bertz CT molecular complexity index is 961. The summed E-state index contributed by atoms with van der Waals surface area (Å²) in [5.74, 6) is 0.332. The van der Waals surface area contributed by atoms with Crippen molar-refractivity contribution >= 4 is 21.8 Å². The molecule has 0 amide bonds. The number of para-hydroxylation sites is 2. The van der Waals surface area contributed by atoms with E-state index in [1.54, 1.807) is 0 Å². The summed E-state index contributed by atoms with van der Waals surface area (Å²) in [6.07, 6.45) is 7.49. The van der Waals surface area contributed by atoms with Crippen LogP contribution in [0.4, 0.5) is 0 Å². The third-order valence-corrected chi connectivity index (χ3v) is 5.51. The standard InChI is InChI=1S/C23H26N2O/c1-24-15-20(18-10-3-5-12-22(18)24)17(9-7-8-14-26)21-16-25(2)23-13-6-4-11-19(21)23/h3-6,10-13,15-17,26H,7-9,14H2,1-2H3. The van der Waals surface area contributed by atoms with Crippen LogP contribution in [-0.4, -0.2) is 20.8 Å². The Balaban J connectivity index is 1.89. The van der Waals surface area contributed by atoms with Gasteiger partial charge in [-0.2, -0.15) is 0 Å². The monoisotopic (exact) mass is 346 g/mol. The second-order valence-corrected chi connectivity index (χ2v) is 7.20. The number of aromatic nitrogens is 2. The molecule has 0 unspecified atom stereocenters. The Morgan fingerprint density at radius 3 is 1.77 bits per heavy atom. The number of benzene rings is 2. The Morgan fingerprint density at radius 1 is 0.769 bits per heavy atom. The zero-order valence-corrected chi connectivity index (χ0v) is 15.5. The first-order valence-electron chi connectivity index (χ1n) is 9.39. The zero-order valence-electron chi connectivity index (χ0n) is 15.5. The van der Waals surface area contributed by atoms with E-state index >= 15 is 0 Å². The predicted octanol–water partition coefficient (Wildman–Crippen LogP) is 4.96. The minimum atomic E-state index is 0.262. The molecule has 4 rings (SSSR count). The summed E-state index contributed by atoms with van der Waals surface area (Å²) in [5, 5.41) is 11.9. The highest BCUT2D eigenvalue weighted by Gasteiger charge is 2.22. The van der Waals surface area contributed by atoms with E-state index in [0.717, 1.165) is 19.3 Å². The molecule has 2 aromatic heterocycles. The van der Waals surface area contributed by atoms with E-state index in [4.69, 9.17) is 0 Å². The van der Waals surface area contributed by atoms with Crippen molar-refractivity contribution < 1.29 is 5.11 Å². The molecule has 0 bridgehead atoms. The molecule has 1 N–H and O–H groups in total. The summed E-state index contributed by atoms with van der Waals surface area (Å²) in [6.45, 7) is 0.262. The lowest BCUT2D eigenvalue weighted by molar-refractivity contribution is 0.282. The topological polar surface area (TPSA) is 30.1 Å². The molecule has 4 aromatic rings. The smallest absolute Gasteiger partial charge is 0.0480 e. The molecule has 26 heavy (non-hydrogen) atoms. The third kappa shape index (κ3) is 2.82. The summed E-state index contributed by atoms with van der Waals surface area (Å²) in [6, 6.07) is 17.3. The number of hydrogen-bond donors (Lipinski definition) is 1. The summed E-state index contributed by atoms with van der Waals surface area (Å²) in [4.78, 5) is 0. The first-order chi connectivity index (χ1) is 12.7. The number of unbranched alkanes of at least 4 members (excludes halogenated alkanes) is 1. The lowest BCUT2D eigenvalue weighted by Crippen LogP contribution is -2.01. The number of hydrogen-bond acceptors (Lipinski definition) is 1. The maximum Gasteiger partial charge on any atom is 0.0480 e. The minimum Gasteiger partial charge on any atom is -0.396 e. The average Bonchev–Trinajstić information content (AvgIpc) is 3.18. The fraction of sp³-hybridized carbons (Fsp3) is 0.304. The van der Waals surface area contributed by atoms with Gasteiger partial charge in [-0.25, -0.2) is 0 Å². The van der Waals surface area contributed by atoms with E-state index in [-0.39, 0.29) is 6.61 Å². The molecule has 2 heterocycles. The summed E-state index contributed by atoms with van der Waals surface area (Å²) < 4.78 is 4.46. The van der Waals surface area contributed by atoms with E-state index in [2.05, 4.69) is 84.2 Å². The van der Waals surface area contributed by atoms with Gasteiger partial charge in [-0.05, 0) is 36.1 Å². The lowest BCUT2D eigenvalue weighted by Gasteiger charge is -2.16. The molecule has 0 saturated heterocycles. The predicted molar refractivity (Wildman–Crippen MR) is 109 cm³/mol. The fourth-order valence-corrected chi connectivity index (χ4v) is 4.24. The highest BCUT2D eigenvalue weighted by molar-refractivity contribution is 5.88. The van der Waals surface area contributed by atoms with E-state index in [1.165, 1.54) is 32.9 Å². The van der Waals surface area contributed by atoms with Gasteiger partial charge in [0.05, 0.1) is 0 Å². The minimum absolute atomic E-state index is 0.262. The number of aryl methyl sites for hydroxylation is 2. The van der Waals surface area contributed by atoms with Gasteiger partial charge in [0.15, 0.2) is 0 Å². The van der Waals surface area contributed by atoms with E-state index < -0.39 is 0 Å². The van der Waals surface area contributed by atoms with E-state index in [1.807, 2.05) is 0 Å². The van der Waals surface area contributed by atoms with Gasteiger partial charge in [-0.1, -0.05) is 42.8 Å². The van der Waals surface area contributed by atoms with Crippen molar-refractivity contribution in [1.29, 1.82) is 0 Å². The van der Waals surface area contributed by atoms with Crippen LogP contribution < -0.4 is 0 Å². The second kappa shape index (κ2) is 7.00. The van der Waals surface area contributed by atoms with Gasteiger partial charge in [0, 0.05) is 60.8 Å². The van der Waals surface area contributed by atoms with Crippen LogP contribution in [0.15, 0.2) is 60.9 Å². The number of rotatable bonds is 6. The lowest BCUT2D eigenvalue weighted by atomic mass is 9.86. The molecule has 3 heteroatoms. The summed E-state index contributed by atoms with van der Waals surface area (Å²) >= 11 is 0. The molecule has 0 saturated carbocycles. The van der Waals surface area contributed by atoms with E-state index in [0.29, 0.717) is 5.92 Å². The number of fused-ring (bicyclic) bond motifs is 2. The molecular formula is C23H26N2O. The van der Waals surface area contributed by atoms with Crippen LogP contribution in [0.25, 0.3) is 21.8 Å². The van der Waals surface area contributed by atoms with Gasteiger partial charge >= 0.3 is 0 Å². The van der Waals surface area contributed by atoms with Crippen molar-refractivity contribution in [3.63, 3.8) is 0 Å². The average molecular weight is 346 g/mol. The van der Waals surface area contributed by atoms with Crippen LogP contribution in [0.2, 0.25) is 0 Å². The first-order valence-corrected chi connectivity index (χ1v) is 9.39. The number of aliphatic hydroxyl groups excluding tert-OH is 1. The Labute approximate surface area is 154 Å². The van der Waals surface area contributed by atoms with Gasteiger partial charge < -0.3 is 14.2 Å². The van der Waals surface area contributed by atoms with Crippen molar-refractivity contribution in [2.75, 3.05) is 6.61 Å². The molecule has 0 aliphatic heterocycles. The molecule has 2 aromatic carbocycles. The Morgan fingerprint density at radius 2 is 1.27 bits per heavy atom. The second-order valence-electron chi connectivity index (χ2n) is 7.20. The van der Waals surface area contributed by atoms with Crippen LogP contribution in [0.3, 0.4) is 0 Å². The molecule has 0 radical (unpaired) electrons. The SMILES string of the molecule is Cn1cc(C(CCCCO)c2cn(C)c3ccccc23)c2ccccc21. The van der Waals surface area contributed by atoms with E-state index in [9.17, 15) is 5.11 Å². The van der Waals surface area contributed by atoms with Crippen LogP contribution in [0.1, 0.15) is 36.3 Å². The van der Waals surface area contributed by atoms with Gasteiger partial charge in [-0.15, -0.1) is 0 Å². The molecule has 134 valence electrons. The maximum absolute atomic E-state index is 9.26. The normalized spacial score (nSPS) is 11.8. The van der Waals surface area contributed by atoms with Crippen molar-refractivity contribution in [2.24, 2.45) is 14.1 Å². The molecular weight excluding hydrogens is 320 g/mol. The Hall–Kier alpha value is -2.52. The quantitative estimate of drug-likeness (QED) is 0.491. The largest absolute Gasteiger partial charge is 0.396 e. The molecule has 0 fully saturated rings. The highest BCUT2D eigenvalue weighted by atomic mass is 16.2.